The van der Waals surface area contributed by atoms with E-state index in [0.29, 0.717) is 6.04 Å². The van der Waals surface area contributed by atoms with Crippen LogP contribution in [0.25, 0.3) is 0 Å². The number of rotatable bonds is 8. The standard InChI is InChI=1S/C17H32N4/c1-7-9-12-21(14(3)8-2)16-11-10-15(19-20-16)13-18-17(4,5)6/h10-11,14,18H,7-9,12-13H2,1-6H3. The third kappa shape index (κ3) is 6.42. The number of nitrogens with zero attached hydrogens (tertiary/aromatic N) is 3. The van der Waals surface area contributed by atoms with Crippen molar-refractivity contribution in [1.29, 1.82) is 0 Å². The van der Waals surface area contributed by atoms with E-state index in [4.69, 9.17) is 0 Å². The number of hydrogen-bond acceptors (Lipinski definition) is 4. The molecule has 0 aliphatic rings. The van der Waals surface area contributed by atoms with Gasteiger partial charge in [-0.1, -0.05) is 20.3 Å². The maximum Gasteiger partial charge on any atom is 0.151 e. The van der Waals surface area contributed by atoms with Crippen molar-refractivity contribution >= 4 is 5.82 Å². The predicted octanol–water partition coefficient (Wildman–Crippen LogP) is 3.77. The first-order valence-electron chi connectivity index (χ1n) is 8.21. The fourth-order valence-corrected chi connectivity index (χ4v) is 2.07. The second kappa shape index (κ2) is 8.32. The molecule has 0 saturated carbocycles. The Morgan fingerprint density at radius 3 is 2.38 bits per heavy atom. The van der Waals surface area contributed by atoms with Crippen LogP contribution in [0.2, 0.25) is 0 Å². The van der Waals surface area contributed by atoms with Crippen molar-refractivity contribution in [2.24, 2.45) is 0 Å². The van der Waals surface area contributed by atoms with Gasteiger partial charge in [0.25, 0.3) is 0 Å². The summed E-state index contributed by atoms with van der Waals surface area (Å²) in [7, 11) is 0. The molecule has 1 heterocycles. The van der Waals surface area contributed by atoms with Crippen LogP contribution in [-0.2, 0) is 6.54 Å². The molecule has 1 unspecified atom stereocenters. The second-order valence-corrected chi connectivity index (χ2v) is 6.79. The number of aromatic nitrogens is 2. The van der Waals surface area contributed by atoms with Crippen LogP contribution in [0.4, 0.5) is 5.82 Å². The first-order valence-corrected chi connectivity index (χ1v) is 8.21. The summed E-state index contributed by atoms with van der Waals surface area (Å²) >= 11 is 0. The van der Waals surface area contributed by atoms with E-state index in [-0.39, 0.29) is 5.54 Å². The number of unbranched alkanes of at least 4 members (excludes halogenated alkanes) is 1. The van der Waals surface area contributed by atoms with Gasteiger partial charge in [-0.2, -0.15) is 5.10 Å². The van der Waals surface area contributed by atoms with Crippen molar-refractivity contribution in [2.45, 2.75) is 78.9 Å². The Labute approximate surface area is 130 Å². The van der Waals surface area contributed by atoms with Gasteiger partial charge in [-0.05, 0) is 52.7 Å². The molecule has 1 aromatic heterocycles. The van der Waals surface area contributed by atoms with Crippen molar-refractivity contribution in [3.05, 3.63) is 17.8 Å². The minimum Gasteiger partial charge on any atom is -0.352 e. The lowest BCUT2D eigenvalue weighted by Gasteiger charge is -2.29. The first kappa shape index (κ1) is 17.9. The van der Waals surface area contributed by atoms with Crippen LogP contribution in [-0.4, -0.2) is 28.3 Å². The van der Waals surface area contributed by atoms with E-state index in [1.807, 2.05) is 0 Å². The quantitative estimate of drug-likeness (QED) is 0.792. The lowest BCUT2D eigenvalue weighted by molar-refractivity contribution is 0.420. The van der Waals surface area contributed by atoms with Crippen LogP contribution < -0.4 is 10.2 Å². The van der Waals surface area contributed by atoms with E-state index in [0.717, 1.165) is 31.0 Å². The van der Waals surface area contributed by atoms with Crippen LogP contribution in [0.15, 0.2) is 12.1 Å². The monoisotopic (exact) mass is 292 g/mol. The fourth-order valence-electron chi connectivity index (χ4n) is 2.07. The maximum absolute atomic E-state index is 4.44. The van der Waals surface area contributed by atoms with Crippen LogP contribution >= 0.6 is 0 Å². The van der Waals surface area contributed by atoms with Gasteiger partial charge in [0.05, 0.1) is 5.69 Å². The molecule has 0 aromatic carbocycles. The normalized spacial score (nSPS) is 13.2. The smallest absolute Gasteiger partial charge is 0.151 e. The molecular formula is C17H32N4. The summed E-state index contributed by atoms with van der Waals surface area (Å²) < 4.78 is 0. The highest BCUT2D eigenvalue weighted by Gasteiger charge is 2.15. The van der Waals surface area contributed by atoms with Gasteiger partial charge in [-0.25, -0.2) is 0 Å². The summed E-state index contributed by atoms with van der Waals surface area (Å²) in [6.45, 7) is 15.0. The zero-order valence-corrected chi connectivity index (χ0v) is 14.6. The summed E-state index contributed by atoms with van der Waals surface area (Å²) in [5.41, 5.74) is 1.10. The van der Waals surface area contributed by atoms with E-state index in [1.165, 1.54) is 12.8 Å². The molecule has 0 radical (unpaired) electrons. The molecule has 4 heteroatoms. The van der Waals surface area contributed by atoms with Crippen molar-refractivity contribution < 1.29 is 0 Å². The molecule has 1 N–H and O–H groups in total. The van der Waals surface area contributed by atoms with Crippen molar-refractivity contribution in [3.63, 3.8) is 0 Å². The van der Waals surface area contributed by atoms with Crippen molar-refractivity contribution in [1.82, 2.24) is 15.5 Å². The minimum absolute atomic E-state index is 0.101. The van der Waals surface area contributed by atoms with Gasteiger partial charge in [0, 0.05) is 24.7 Å². The van der Waals surface area contributed by atoms with Crippen molar-refractivity contribution in [3.8, 4) is 0 Å². The average Bonchev–Trinajstić information content (AvgIpc) is 2.45. The third-order valence-corrected chi connectivity index (χ3v) is 3.68. The molecule has 0 bridgehead atoms. The Kier molecular flexibility index (Phi) is 7.09. The molecule has 0 aliphatic heterocycles. The van der Waals surface area contributed by atoms with E-state index < -0.39 is 0 Å². The van der Waals surface area contributed by atoms with Crippen LogP contribution in [0.1, 0.15) is 66.5 Å². The summed E-state index contributed by atoms with van der Waals surface area (Å²) in [5.74, 6) is 0.998. The number of anilines is 1. The summed E-state index contributed by atoms with van der Waals surface area (Å²) in [5, 5.41) is 12.2. The van der Waals surface area contributed by atoms with E-state index in [9.17, 15) is 0 Å². The van der Waals surface area contributed by atoms with Gasteiger partial charge < -0.3 is 10.2 Å². The fraction of sp³-hybridized carbons (Fsp3) is 0.765. The molecule has 0 aliphatic carbocycles. The Balaban J connectivity index is 2.72. The van der Waals surface area contributed by atoms with E-state index >= 15 is 0 Å². The zero-order chi connectivity index (χ0) is 15.9. The van der Waals surface area contributed by atoms with Crippen LogP contribution in [0.5, 0.6) is 0 Å². The van der Waals surface area contributed by atoms with E-state index in [1.54, 1.807) is 0 Å². The van der Waals surface area contributed by atoms with Crippen LogP contribution in [0, 0.1) is 0 Å². The molecule has 21 heavy (non-hydrogen) atoms. The van der Waals surface area contributed by atoms with Gasteiger partial charge >= 0.3 is 0 Å². The Morgan fingerprint density at radius 2 is 1.90 bits per heavy atom. The summed E-state index contributed by atoms with van der Waals surface area (Å²) in [6.07, 6.45) is 3.52. The molecular weight excluding hydrogens is 260 g/mol. The van der Waals surface area contributed by atoms with E-state index in [2.05, 4.69) is 74.1 Å². The first-order chi connectivity index (χ1) is 9.87. The van der Waals surface area contributed by atoms with Gasteiger partial charge in [0.1, 0.15) is 0 Å². The molecule has 0 fully saturated rings. The SMILES string of the molecule is CCCCN(c1ccc(CNC(C)(C)C)nn1)C(C)CC. The maximum atomic E-state index is 4.44. The molecule has 0 spiro atoms. The van der Waals surface area contributed by atoms with Gasteiger partial charge in [0.2, 0.25) is 0 Å². The number of nitrogens with one attached hydrogen (secondary N) is 1. The molecule has 1 rings (SSSR count). The lowest BCUT2D eigenvalue weighted by atomic mass is 10.1. The topological polar surface area (TPSA) is 41.0 Å². The zero-order valence-electron chi connectivity index (χ0n) is 14.6. The minimum atomic E-state index is 0.101. The summed E-state index contributed by atoms with van der Waals surface area (Å²) in [4.78, 5) is 2.37. The molecule has 4 nitrogen and oxygen atoms in total. The molecule has 0 amide bonds. The van der Waals surface area contributed by atoms with Gasteiger partial charge in [-0.15, -0.1) is 5.10 Å². The average molecular weight is 292 g/mol. The lowest BCUT2D eigenvalue weighted by Crippen LogP contribution is -2.36. The summed E-state index contributed by atoms with van der Waals surface area (Å²) in [6, 6.07) is 4.70. The molecule has 1 aromatic rings. The van der Waals surface area contributed by atoms with Crippen molar-refractivity contribution in [2.75, 3.05) is 11.4 Å². The highest BCUT2D eigenvalue weighted by atomic mass is 15.3. The van der Waals surface area contributed by atoms with Crippen LogP contribution in [0.3, 0.4) is 0 Å². The third-order valence-electron chi connectivity index (χ3n) is 3.68. The predicted molar refractivity (Wildman–Crippen MR) is 90.6 cm³/mol. The van der Waals surface area contributed by atoms with Gasteiger partial charge in [0.15, 0.2) is 5.82 Å². The number of hydrogen-bond donors (Lipinski definition) is 1. The molecule has 1 atom stereocenters. The molecule has 120 valence electrons. The molecule has 0 saturated heterocycles. The Bertz CT molecular complexity index is 394. The highest BCUT2D eigenvalue weighted by molar-refractivity contribution is 5.38. The highest BCUT2D eigenvalue weighted by Crippen LogP contribution is 2.16. The Morgan fingerprint density at radius 1 is 1.19 bits per heavy atom. The second-order valence-electron chi connectivity index (χ2n) is 6.79. The largest absolute Gasteiger partial charge is 0.352 e. The van der Waals surface area contributed by atoms with Gasteiger partial charge in [-0.3, -0.25) is 0 Å². The Hall–Kier alpha value is -1.16.